The zero-order chi connectivity index (χ0) is 20.2. The Kier molecular flexibility index (Phi) is 5.24. The molecule has 0 bridgehead atoms. The topological polar surface area (TPSA) is 78.1 Å². The van der Waals surface area contributed by atoms with E-state index in [4.69, 9.17) is 0 Å². The van der Waals surface area contributed by atoms with Gasteiger partial charge in [-0.05, 0) is 18.1 Å². The minimum absolute atomic E-state index is 0.128. The highest BCUT2D eigenvalue weighted by atomic mass is 16.2. The number of aromatic amines is 1. The van der Waals surface area contributed by atoms with Crippen molar-refractivity contribution in [1.82, 2.24) is 15.1 Å². The van der Waals surface area contributed by atoms with Crippen molar-refractivity contribution in [3.05, 3.63) is 85.1 Å². The van der Waals surface area contributed by atoms with Gasteiger partial charge in [-0.1, -0.05) is 67.2 Å². The van der Waals surface area contributed by atoms with E-state index < -0.39 is 0 Å². The van der Waals surface area contributed by atoms with Crippen molar-refractivity contribution >= 4 is 17.5 Å². The van der Waals surface area contributed by atoms with Crippen LogP contribution in [0.2, 0.25) is 0 Å². The number of H-pyrrole nitrogens is 1. The molecule has 4 rings (SSSR count). The number of carbonyl (C=O) groups is 2. The Morgan fingerprint density at radius 3 is 2.48 bits per heavy atom. The van der Waals surface area contributed by atoms with Gasteiger partial charge in [0.15, 0.2) is 0 Å². The molecule has 2 atom stereocenters. The molecule has 2 heterocycles. The molecule has 0 spiro atoms. The van der Waals surface area contributed by atoms with Gasteiger partial charge in [0.1, 0.15) is 0 Å². The summed E-state index contributed by atoms with van der Waals surface area (Å²) in [5.41, 5.74) is 3.26. The summed E-state index contributed by atoms with van der Waals surface area (Å²) in [7, 11) is 0. The first-order valence-electron chi connectivity index (χ1n) is 9.56. The number of hydrogen-bond donors (Lipinski definition) is 2. The smallest absolute Gasteiger partial charge is 0.246 e. The van der Waals surface area contributed by atoms with Gasteiger partial charge in [-0.15, -0.1) is 0 Å². The Bertz CT molecular complexity index is 1010. The number of aromatic nitrogens is 2. The average molecular weight is 386 g/mol. The Morgan fingerprint density at radius 1 is 1.10 bits per heavy atom. The fourth-order valence-corrected chi connectivity index (χ4v) is 3.93. The van der Waals surface area contributed by atoms with Crippen molar-refractivity contribution in [3.63, 3.8) is 0 Å². The number of hydrogen-bond acceptors (Lipinski definition) is 3. The summed E-state index contributed by atoms with van der Waals surface area (Å²) in [6.45, 7) is 4.12. The monoisotopic (exact) mass is 386 g/mol. The van der Waals surface area contributed by atoms with E-state index in [-0.39, 0.29) is 23.8 Å². The zero-order valence-corrected chi connectivity index (χ0v) is 15.9. The van der Waals surface area contributed by atoms with Crippen LogP contribution in [0, 0.1) is 5.92 Å². The number of carbonyl (C=O) groups excluding carboxylic acids is 2. The van der Waals surface area contributed by atoms with Crippen LogP contribution in [0.15, 0.2) is 79.5 Å². The van der Waals surface area contributed by atoms with E-state index in [1.54, 1.807) is 11.1 Å². The molecule has 0 unspecified atom stereocenters. The van der Waals surface area contributed by atoms with Gasteiger partial charge in [0, 0.05) is 12.1 Å². The third-order valence-corrected chi connectivity index (χ3v) is 5.29. The lowest BCUT2D eigenvalue weighted by molar-refractivity contribution is -0.128. The van der Waals surface area contributed by atoms with Gasteiger partial charge in [0.2, 0.25) is 11.8 Å². The van der Waals surface area contributed by atoms with Crippen LogP contribution in [0.3, 0.4) is 0 Å². The van der Waals surface area contributed by atoms with E-state index in [2.05, 4.69) is 22.1 Å². The van der Waals surface area contributed by atoms with Gasteiger partial charge in [-0.2, -0.15) is 5.10 Å². The lowest BCUT2D eigenvalue weighted by atomic mass is 9.92. The van der Waals surface area contributed by atoms with Gasteiger partial charge >= 0.3 is 0 Å². The highest BCUT2D eigenvalue weighted by molar-refractivity contribution is 5.97. The summed E-state index contributed by atoms with van der Waals surface area (Å²) in [4.78, 5) is 27.3. The number of rotatable bonds is 5. The molecule has 6 heteroatoms. The quantitative estimate of drug-likeness (QED) is 0.655. The van der Waals surface area contributed by atoms with Crippen LogP contribution in [0.5, 0.6) is 0 Å². The minimum Gasteiger partial charge on any atom is -0.331 e. The van der Waals surface area contributed by atoms with Crippen molar-refractivity contribution in [1.29, 1.82) is 0 Å². The Balaban J connectivity index is 1.61. The summed E-state index contributed by atoms with van der Waals surface area (Å²) >= 11 is 0. The number of benzene rings is 2. The molecule has 0 radical (unpaired) electrons. The lowest BCUT2D eigenvalue weighted by Crippen LogP contribution is -2.34. The molecule has 29 heavy (non-hydrogen) atoms. The molecule has 1 saturated heterocycles. The highest BCUT2D eigenvalue weighted by Crippen LogP contribution is 2.38. The van der Waals surface area contributed by atoms with Gasteiger partial charge < -0.3 is 10.2 Å². The molecular weight excluding hydrogens is 364 g/mol. The molecule has 1 aliphatic heterocycles. The summed E-state index contributed by atoms with van der Waals surface area (Å²) in [5, 5.41) is 10.1. The third kappa shape index (κ3) is 3.69. The van der Waals surface area contributed by atoms with Crippen molar-refractivity contribution < 1.29 is 9.59 Å². The Labute approximate surface area is 169 Å². The van der Waals surface area contributed by atoms with E-state index >= 15 is 0 Å². The first kappa shape index (κ1) is 18.7. The maximum absolute atomic E-state index is 13.2. The average Bonchev–Trinajstić information content (AvgIpc) is 3.41. The standard InChI is InChI=1S/C23H22N4O2/c1-2-20(28)27-14-13-18(22(27)17-11-7-4-8-12-17)23(29)25-19-15-24-26-21(19)16-9-5-3-6-10-16/h2-12,15,18,22H,1,13-14H2,(H,24,26)(H,25,29)/t18-,22+/m0/s1. The molecule has 3 aromatic rings. The van der Waals surface area contributed by atoms with E-state index in [1.165, 1.54) is 6.08 Å². The van der Waals surface area contributed by atoms with Crippen LogP contribution in [0.1, 0.15) is 18.0 Å². The molecule has 2 amide bonds. The summed E-state index contributed by atoms with van der Waals surface area (Å²) < 4.78 is 0. The highest BCUT2D eigenvalue weighted by Gasteiger charge is 2.41. The van der Waals surface area contributed by atoms with Crippen molar-refractivity contribution in [3.8, 4) is 11.3 Å². The molecule has 146 valence electrons. The van der Waals surface area contributed by atoms with Gasteiger partial charge in [0.25, 0.3) is 0 Å². The van der Waals surface area contributed by atoms with Crippen molar-refractivity contribution in [2.75, 3.05) is 11.9 Å². The van der Waals surface area contributed by atoms with E-state index in [0.29, 0.717) is 18.7 Å². The van der Waals surface area contributed by atoms with Gasteiger partial charge in [-0.25, -0.2) is 0 Å². The van der Waals surface area contributed by atoms with Crippen LogP contribution >= 0.6 is 0 Å². The molecule has 1 aromatic heterocycles. The van der Waals surface area contributed by atoms with Crippen LogP contribution < -0.4 is 5.32 Å². The molecule has 0 aliphatic carbocycles. The molecule has 2 N–H and O–H groups in total. The number of likely N-dealkylation sites (tertiary alicyclic amines) is 1. The minimum atomic E-state index is -0.361. The van der Waals surface area contributed by atoms with E-state index in [0.717, 1.165) is 16.8 Å². The van der Waals surface area contributed by atoms with Gasteiger partial charge in [0.05, 0.1) is 29.5 Å². The molecular formula is C23H22N4O2. The Hall–Kier alpha value is -3.67. The maximum Gasteiger partial charge on any atom is 0.246 e. The van der Waals surface area contributed by atoms with Crippen LogP contribution in [0.25, 0.3) is 11.3 Å². The second-order valence-corrected chi connectivity index (χ2v) is 7.00. The van der Waals surface area contributed by atoms with Crippen molar-refractivity contribution in [2.24, 2.45) is 5.92 Å². The van der Waals surface area contributed by atoms with E-state index in [1.807, 2.05) is 60.7 Å². The summed E-state index contributed by atoms with van der Waals surface area (Å²) in [5.74, 6) is -0.654. The predicted molar refractivity (Wildman–Crippen MR) is 112 cm³/mol. The molecule has 2 aromatic carbocycles. The first-order chi connectivity index (χ1) is 14.2. The SMILES string of the molecule is C=CC(=O)N1CC[C@H](C(=O)Nc2cn[nH]c2-c2ccccc2)[C@H]1c1ccccc1. The number of nitrogens with one attached hydrogen (secondary N) is 2. The first-order valence-corrected chi connectivity index (χ1v) is 9.56. The number of amides is 2. The maximum atomic E-state index is 13.2. The van der Waals surface area contributed by atoms with E-state index in [9.17, 15) is 9.59 Å². The molecule has 0 saturated carbocycles. The fourth-order valence-electron chi connectivity index (χ4n) is 3.93. The molecule has 6 nitrogen and oxygen atoms in total. The molecule has 1 fully saturated rings. The normalized spacial score (nSPS) is 18.4. The second-order valence-electron chi connectivity index (χ2n) is 7.00. The molecule has 1 aliphatic rings. The third-order valence-electron chi connectivity index (χ3n) is 5.29. The predicted octanol–water partition coefficient (Wildman–Crippen LogP) is 3.79. The van der Waals surface area contributed by atoms with Gasteiger partial charge in [-0.3, -0.25) is 14.7 Å². The van der Waals surface area contributed by atoms with Crippen LogP contribution in [-0.4, -0.2) is 33.5 Å². The lowest BCUT2D eigenvalue weighted by Gasteiger charge is -2.27. The summed E-state index contributed by atoms with van der Waals surface area (Å²) in [6, 6.07) is 19.1. The fraction of sp³-hybridized carbons (Fsp3) is 0.174. The number of anilines is 1. The van der Waals surface area contributed by atoms with Crippen LogP contribution in [0.4, 0.5) is 5.69 Å². The van der Waals surface area contributed by atoms with Crippen LogP contribution in [-0.2, 0) is 9.59 Å². The largest absolute Gasteiger partial charge is 0.331 e. The number of nitrogens with zero attached hydrogens (tertiary/aromatic N) is 2. The zero-order valence-electron chi connectivity index (χ0n) is 15.9. The summed E-state index contributed by atoms with van der Waals surface area (Å²) in [6.07, 6.45) is 3.50. The van der Waals surface area contributed by atoms with Crippen molar-refractivity contribution in [2.45, 2.75) is 12.5 Å². The second kappa shape index (κ2) is 8.14. The Morgan fingerprint density at radius 2 is 1.79 bits per heavy atom.